The number of hydrogen-bond donors (Lipinski definition) is 1. The summed E-state index contributed by atoms with van der Waals surface area (Å²) in [5.74, 6) is 1.99. The van der Waals surface area contributed by atoms with Crippen molar-refractivity contribution in [2.24, 2.45) is 11.8 Å². The van der Waals surface area contributed by atoms with Crippen molar-refractivity contribution in [1.29, 1.82) is 0 Å². The third kappa shape index (κ3) is 4.66. The van der Waals surface area contributed by atoms with E-state index in [0.717, 1.165) is 54.4 Å². The Morgan fingerprint density at radius 3 is 2.61 bits per heavy atom. The lowest BCUT2D eigenvalue weighted by Crippen LogP contribution is -2.40. The average molecular weight is 424 g/mol. The summed E-state index contributed by atoms with van der Waals surface area (Å²) in [7, 11) is 0. The Morgan fingerprint density at radius 2 is 1.87 bits per heavy atom. The molecule has 1 aromatic carbocycles. The van der Waals surface area contributed by atoms with Crippen molar-refractivity contribution in [1.82, 2.24) is 24.4 Å². The number of fused-ring (bicyclic) bond motifs is 3. The largest absolute Gasteiger partial charge is 0.354 e. The van der Waals surface area contributed by atoms with Crippen molar-refractivity contribution in [2.45, 2.75) is 47.1 Å². The number of aryl methyl sites for hydroxylation is 2. The predicted molar refractivity (Wildman–Crippen MR) is 123 cm³/mol. The second-order valence-electron chi connectivity index (χ2n) is 9.35. The highest BCUT2D eigenvalue weighted by atomic mass is 16.2. The van der Waals surface area contributed by atoms with Crippen LogP contribution < -0.4 is 10.9 Å². The first-order valence-corrected chi connectivity index (χ1v) is 11.3. The van der Waals surface area contributed by atoms with Crippen LogP contribution >= 0.6 is 0 Å². The first-order chi connectivity index (χ1) is 14.8. The van der Waals surface area contributed by atoms with Crippen molar-refractivity contribution in [3.63, 3.8) is 0 Å². The van der Waals surface area contributed by atoms with E-state index in [1.807, 2.05) is 36.4 Å². The van der Waals surface area contributed by atoms with Crippen molar-refractivity contribution >= 4 is 22.3 Å². The normalized spacial score (nSPS) is 19.9. The van der Waals surface area contributed by atoms with Gasteiger partial charge in [-0.25, -0.2) is 4.68 Å². The van der Waals surface area contributed by atoms with Gasteiger partial charge in [-0.2, -0.15) is 5.10 Å². The molecule has 1 aliphatic heterocycles. The number of nitrogens with zero attached hydrogens (tertiary/aromatic N) is 4. The Hall–Kier alpha value is -2.67. The highest BCUT2D eigenvalue weighted by molar-refractivity contribution is 5.87. The van der Waals surface area contributed by atoms with Gasteiger partial charge in [-0.3, -0.25) is 14.0 Å². The summed E-state index contributed by atoms with van der Waals surface area (Å²) >= 11 is 0. The Kier molecular flexibility index (Phi) is 6.14. The van der Waals surface area contributed by atoms with E-state index in [0.29, 0.717) is 17.9 Å². The number of rotatable bonds is 6. The Morgan fingerprint density at radius 1 is 1.13 bits per heavy atom. The molecule has 0 saturated carbocycles. The minimum absolute atomic E-state index is 0.0610. The molecule has 1 N–H and O–H groups in total. The average Bonchev–Trinajstić information content (AvgIpc) is 3.08. The first kappa shape index (κ1) is 21.6. The van der Waals surface area contributed by atoms with Crippen LogP contribution in [0.4, 0.5) is 0 Å². The molecule has 7 heteroatoms. The smallest absolute Gasteiger partial charge is 0.291 e. The van der Waals surface area contributed by atoms with Crippen LogP contribution in [0.5, 0.6) is 0 Å². The van der Waals surface area contributed by atoms with E-state index >= 15 is 0 Å². The number of benzene rings is 1. The SMILES string of the molecule is Cc1ccc2c(c1)cc1c(=O)n(CC(=O)NCCCN3C[C@@H](C)C[C@H](C)C3)nc(C)n12. The van der Waals surface area contributed by atoms with Crippen molar-refractivity contribution in [3.05, 3.63) is 46.0 Å². The number of carbonyl (C=O) groups is 1. The van der Waals surface area contributed by atoms with Gasteiger partial charge in [0.15, 0.2) is 0 Å². The van der Waals surface area contributed by atoms with Crippen molar-refractivity contribution < 1.29 is 4.79 Å². The van der Waals surface area contributed by atoms with Gasteiger partial charge >= 0.3 is 0 Å². The third-order valence-corrected chi connectivity index (χ3v) is 6.21. The molecule has 1 aliphatic rings. The minimum Gasteiger partial charge on any atom is -0.354 e. The van der Waals surface area contributed by atoms with Crippen LogP contribution in [0.2, 0.25) is 0 Å². The fourth-order valence-corrected chi connectivity index (χ4v) is 5.04. The number of likely N-dealkylation sites (tertiary alicyclic amines) is 1. The zero-order valence-electron chi connectivity index (χ0n) is 19.0. The zero-order valence-corrected chi connectivity index (χ0v) is 19.0. The van der Waals surface area contributed by atoms with Gasteiger partial charge in [-0.15, -0.1) is 0 Å². The summed E-state index contributed by atoms with van der Waals surface area (Å²) < 4.78 is 3.14. The van der Waals surface area contributed by atoms with Crippen LogP contribution in [0.1, 0.15) is 38.1 Å². The van der Waals surface area contributed by atoms with Crippen LogP contribution in [0.15, 0.2) is 29.1 Å². The summed E-state index contributed by atoms with van der Waals surface area (Å²) in [5.41, 5.74) is 2.41. The van der Waals surface area contributed by atoms with Gasteiger partial charge < -0.3 is 10.2 Å². The third-order valence-electron chi connectivity index (χ3n) is 6.21. The minimum atomic E-state index is -0.245. The number of piperidine rings is 1. The number of nitrogens with one attached hydrogen (secondary N) is 1. The lowest BCUT2D eigenvalue weighted by Gasteiger charge is -2.34. The molecule has 166 valence electrons. The summed E-state index contributed by atoms with van der Waals surface area (Å²) in [6.07, 6.45) is 2.21. The molecule has 1 amide bonds. The fraction of sp³-hybridized carbons (Fsp3) is 0.542. The maximum absolute atomic E-state index is 13.0. The van der Waals surface area contributed by atoms with Gasteiger partial charge in [0.1, 0.15) is 17.9 Å². The van der Waals surface area contributed by atoms with Crippen LogP contribution in [-0.2, 0) is 11.3 Å². The van der Waals surface area contributed by atoms with E-state index in [-0.39, 0.29) is 18.0 Å². The topological polar surface area (TPSA) is 71.6 Å². The second kappa shape index (κ2) is 8.83. The van der Waals surface area contributed by atoms with Crippen LogP contribution in [-0.4, -0.2) is 51.2 Å². The molecule has 0 unspecified atom stereocenters. The van der Waals surface area contributed by atoms with Crippen molar-refractivity contribution in [3.8, 4) is 0 Å². The summed E-state index contributed by atoms with van der Waals surface area (Å²) in [6, 6.07) is 7.97. The predicted octanol–water partition coefficient (Wildman–Crippen LogP) is 2.75. The van der Waals surface area contributed by atoms with E-state index in [1.165, 1.54) is 11.1 Å². The van der Waals surface area contributed by atoms with Gasteiger partial charge in [0, 0.05) is 25.0 Å². The molecule has 0 spiro atoms. The number of amides is 1. The number of aromatic nitrogens is 3. The molecule has 3 aromatic rings. The molecule has 1 saturated heterocycles. The molecule has 1 fully saturated rings. The Balaban J connectivity index is 1.39. The standard InChI is InChI=1S/C24H33N5O2/c1-16-6-7-21-20(11-16)12-22-24(31)28(26-19(4)29(21)22)15-23(30)25-8-5-9-27-13-17(2)10-18(3)14-27/h6-7,11-12,17-18H,5,8-10,13-15H2,1-4H3,(H,25,30)/t17-,18-/m0/s1. The molecular weight excluding hydrogens is 390 g/mol. The summed E-state index contributed by atoms with van der Waals surface area (Å²) in [5, 5.41) is 8.36. The Bertz CT molecular complexity index is 1150. The number of carbonyl (C=O) groups excluding carboxylic acids is 1. The molecule has 3 heterocycles. The highest BCUT2D eigenvalue weighted by Crippen LogP contribution is 2.21. The second-order valence-corrected chi connectivity index (χ2v) is 9.35. The van der Waals surface area contributed by atoms with Crippen LogP contribution in [0.3, 0.4) is 0 Å². The molecule has 0 bridgehead atoms. The molecule has 2 atom stereocenters. The van der Waals surface area contributed by atoms with E-state index in [1.54, 1.807) is 0 Å². The van der Waals surface area contributed by atoms with Gasteiger partial charge in [-0.1, -0.05) is 25.5 Å². The molecule has 31 heavy (non-hydrogen) atoms. The van der Waals surface area contributed by atoms with Gasteiger partial charge in [0.05, 0.1) is 5.52 Å². The fourth-order valence-electron chi connectivity index (χ4n) is 5.04. The summed E-state index contributed by atoms with van der Waals surface area (Å²) in [6.45, 7) is 12.3. The molecular formula is C24H33N5O2. The van der Waals surface area contributed by atoms with Gasteiger partial charge in [-0.05, 0) is 63.3 Å². The van der Waals surface area contributed by atoms with Crippen molar-refractivity contribution in [2.75, 3.05) is 26.2 Å². The van der Waals surface area contributed by atoms with E-state index in [2.05, 4.69) is 35.2 Å². The first-order valence-electron chi connectivity index (χ1n) is 11.3. The maximum atomic E-state index is 13.0. The lowest BCUT2D eigenvalue weighted by atomic mass is 9.92. The molecule has 4 rings (SSSR count). The number of hydrogen-bond acceptors (Lipinski definition) is 4. The van der Waals surface area contributed by atoms with E-state index in [9.17, 15) is 9.59 Å². The van der Waals surface area contributed by atoms with Crippen LogP contribution in [0.25, 0.3) is 16.4 Å². The van der Waals surface area contributed by atoms with Gasteiger partial charge in [0.2, 0.25) is 5.91 Å². The van der Waals surface area contributed by atoms with E-state index in [4.69, 9.17) is 0 Å². The molecule has 0 radical (unpaired) electrons. The van der Waals surface area contributed by atoms with Crippen LogP contribution in [0, 0.1) is 25.7 Å². The molecule has 7 nitrogen and oxygen atoms in total. The maximum Gasteiger partial charge on any atom is 0.291 e. The van der Waals surface area contributed by atoms with E-state index < -0.39 is 0 Å². The zero-order chi connectivity index (χ0) is 22.1. The summed E-state index contributed by atoms with van der Waals surface area (Å²) in [4.78, 5) is 27.9. The Labute approximate surface area is 183 Å². The molecule has 2 aromatic heterocycles. The quantitative estimate of drug-likeness (QED) is 0.619. The molecule has 0 aliphatic carbocycles. The lowest BCUT2D eigenvalue weighted by molar-refractivity contribution is -0.121. The highest BCUT2D eigenvalue weighted by Gasteiger charge is 2.21. The van der Waals surface area contributed by atoms with Gasteiger partial charge in [0.25, 0.3) is 5.56 Å². The monoisotopic (exact) mass is 423 g/mol.